The van der Waals surface area contributed by atoms with Crippen LogP contribution in [0, 0.1) is 13.8 Å². The van der Waals surface area contributed by atoms with Gasteiger partial charge >= 0.3 is 0 Å². The number of rotatable bonds is 5. The molecule has 0 fully saturated rings. The number of halogens is 1. The van der Waals surface area contributed by atoms with Crippen molar-refractivity contribution in [1.29, 1.82) is 0 Å². The topological polar surface area (TPSA) is 81.9 Å². The lowest BCUT2D eigenvalue weighted by Crippen LogP contribution is -2.11. The van der Waals surface area contributed by atoms with Crippen molar-refractivity contribution in [2.24, 2.45) is 0 Å². The van der Waals surface area contributed by atoms with Crippen molar-refractivity contribution in [1.82, 2.24) is 19.7 Å². The Bertz CT molecular complexity index is 1190. The monoisotopic (exact) mass is 419 g/mol. The second-order valence-corrected chi connectivity index (χ2v) is 7.04. The smallest absolute Gasteiger partial charge is 0.255 e. The van der Waals surface area contributed by atoms with E-state index in [1.807, 2.05) is 24.5 Å². The Hall–Kier alpha value is -3.71. The first-order valence-corrected chi connectivity index (χ1v) is 9.57. The molecule has 0 unspecified atom stereocenters. The summed E-state index contributed by atoms with van der Waals surface area (Å²) >= 11 is 5.93. The number of nitrogens with zero attached hydrogens (tertiary/aromatic N) is 4. The minimum Gasteiger partial charge on any atom is -0.438 e. The number of nitrogens with one attached hydrogen (secondary N) is 1. The summed E-state index contributed by atoms with van der Waals surface area (Å²) in [6, 6.07) is 17.3. The van der Waals surface area contributed by atoms with Crippen molar-refractivity contribution in [3.8, 4) is 17.4 Å². The third-order valence-corrected chi connectivity index (χ3v) is 4.78. The van der Waals surface area contributed by atoms with Gasteiger partial charge in [0.15, 0.2) is 5.82 Å². The molecule has 0 aliphatic heterocycles. The summed E-state index contributed by atoms with van der Waals surface area (Å²) in [5, 5.41) is 11.6. The average molecular weight is 420 g/mol. The number of aryl methyl sites for hydroxylation is 1. The first-order valence-electron chi connectivity index (χ1n) is 9.19. The molecule has 0 aliphatic carbocycles. The molecule has 4 rings (SSSR count). The van der Waals surface area contributed by atoms with Crippen molar-refractivity contribution in [3.63, 3.8) is 0 Å². The maximum Gasteiger partial charge on any atom is 0.255 e. The number of amides is 1. The van der Waals surface area contributed by atoms with Gasteiger partial charge in [0.2, 0.25) is 5.88 Å². The Labute approximate surface area is 178 Å². The molecule has 0 radical (unpaired) electrons. The Kier molecular flexibility index (Phi) is 5.45. The van der Waals surface area contributed by atoms with Crippen LogP contribution in [0.3, 0.4) is 0 Å². The fourth-order valence-corrected chi connectivity index (χ4v) is 2.98. The molecule has 0 bridgehead atoms. The number of hydrogen-bond acceptors (Lipinski definition) is 5. The van der Waals surface area contributed by atoms with Crippen molar-refractivity contribution >= 4 is 23.2 Å². The second kappa shape index (κ2) is 8.34. The van der Waals surface area contributed by atoms with E-state index >= 15 is 0 Å². The number of carbonyl (C=O) groups excluding carboxylic acids is 1. The predicted octanol–water partition coefficient (Wildman–Crippen LogP) is 4.98. The summed E-state index contributed by atoms with van der Waals surface area (Å²) in [4.78, 5) is 16.6. The lowest BCUT2D eigenvalue weighted by Gasteiger charge is -2.08. The van der Waals surface area contributed by atoms with Crippen molar-refractivity contribution in [2.75, 3.05) is 5.32 Å². The van der Waals surface area contributed by atoms with Crippen LogP contribution >= 0.6 is 11.6 Å². The lowest BCUT2D eigenvalue weighted by atomic mass is 10.2. The molecule has 30 heavy (non-hydrogen) atoms. The minimum absolute atomic E-state index is 0.238. The van der Waals surface area contributed by atoms with Crippen LogP contribution in [0.5, 0.6) is 11.6 Å². The highest BCUT2D eigenvalue weighted by molar-refractivity contribution is 6.31. The third kappa shape index (κ3) is 4.31. The zero-order valence-electron chi connectivity index (χ0n) is 16.3. The number of benzene rings is 2. The summed E-state index contributed by atoms with van der Waals surface area (Å²) in [7, 11) is 0. The summed E-state index contributed by atoms with van der Waals surface area (Å²) in [5.41, 5.74) is 3.08. The highest BCUT2D eigenvalue weighted by Crippen LogP contribution is 2.22. The molecule has 1 N–H and O–H groups in total. The van der Waals surface area contributed by atoms with Gasteiger partial charge in [-0.1, -0.05) is 17.7 Å². The molecule has 0 atom stereocenters. The molecule has 7 nitrogen and oxygen atoms in total. The molecule has 1 amide bonds. The van der Waals surface area contributed by atoms with Crippen LogP contribution in [0.15, 0.2) is 67.0 Å². The van der Waals surface area contributed by atoms with Gasteiger partial charge < -0.3 is 10.1 Å². The molecule has 0 spiro atoms. The van der Waals surface area contributed by atoms with Crippen LogP contribution in [0.1, 0.15) is 21.7 Å². The molecule has 0 saturated carbocycles. The first-order chi connectivity index (χ1) is 14.5. The van der Waals surface area contributed by atoms with Crippen LogP contribution in [-0.4, -0.2) is 25.7 Å². The van der Waals surface area contributed by atoms with Crippen molar-refractivity contribution < 1.29 is 9.53 Å². The number of ether oxygens (including phenoxy) is 1. The van der Waals surface area contributed by atoms with Gasteiger partial charge in [0.25, 0.3) is 5.91 Å². The number of hydrogen-bond donors (Lipinski definition) is 1. The largest absolute Gasteiger partial charge is 0.438 e. The van der Waals surface area contributed by atoms with Gasteiger partial charge in [-0.3, -0.25) is 9.36 Å². The fourth-order valence-electron chi connectivity index (χ4n) is 2.79. The molecular formula is C22H18ClN5O2. The van der Waals surface area contributed by atoms with Crippen molar-refractivity contribution in [2.45, 2.75) is 13.8 Å². The number of carbonyl (C=O) groups is 1. The van der Waals surface area contributed by atoms with Gasteiger partial charge in [-0.2, -0.15) is 0 Å². The summed E-state index contributed by atoms with van der Waals surface area (Å²) in [5.74, 6) is 1.37. The molecule has 2 aromatic heterocycles. The van der Waals surface area contributed by atoms with E-state index in [4.69, 9.17) is 16.3 Å². The van der Waals surface area contributed by atoms with E-state index in [2.05, 4.69) is 20.5 Å². The molecular weight excluding hydrogens is 402 g/mol. The second-order valence-electron chi connectivity index (χ2n) is 6.61. The van der Waals surface area contributed by atoms with E-state index in [1.54, 1.807) is 60.9 Å². The van der Waals surface area contributed by atoms with Crippen LogP contribution in [0.4, 0.5) is 5.69 Å². The van der Waals surface area contributed by atoms with Crippen LogP contribution in [0.2, 0.25) is 5.02 Å². The third-order valence-electron chi connectivity index (χ3n) is 4.55. The van der Waals surface area contributed by atoms with Gasteiger partial charge in [-0.05, 0) is 62.4 Å². The summed E-state index contributed by atoms with van der Waals surface area (Å²) in [6.45, 7) is 3.92. The first kappa shape index (κ1) is 19.6. The zero-order valence-corrected chi connectivity index (χ0v) is 17.1. The van der Waals surface area contributed by atoms with E-state index < -0.39 is 0 Å². The Morgan fingerprint density at radius 3 is 2.47 bits per heavy atom. The van der Waals surface area contributed by atoms with Crippen LogP contribution in [0.25, 0.3) is 5.82 Å². The molecule has 8 heteroatoms. The van der Waals surface area contributed by atoms with E-state index in [-0.39, 0.29) is 5.91 Å². The minimum atomic E-state index is -0.238. The molecule has 2 aromatic carbocycles. The quantitative estimate of drug-likeness (QED) is 0.493. The highest BCUT2D eigenvalue weighted by atomic mass is 35.5. The maximum atomic E-state index is 12.3. The zero-order chi connectivity index (χ0) is 21.1. The summed E-state index contributed by atoms with van der Waals surface area (Å²) < 4.78 is 7.60. The Morgan fingerprint density at radius 1 is 1.03 bits per heavy atom. The number of aromatic nitrogens is 4. The van der Waals surface area contributed by atoms with E-state index in [1.165, 1.54) is 0 Å². The van der Waals surface area contributed by atoms with Gasteiger partial charge in [0.1, 0.15) is 12.1 Å². The standard InChI is InChI=1S/C22H18ClN5O2/c1-14-15(2)28(13-24-14)20-10-11-21(27-26-20)30-19-8-6-18(7-9-19)25-22(29)16-4-3-5-17(23)12-16/h3-13H,1-2H3,(H,25,29). The van der Waals surface area contributed by atoms with Crippen molar-refractivity contribution in [3.05, 3.63) is 89.0 Å². The number of anilines is 1. The predicted molar refractivity (Wildman–Crippen MR) is 115 cm³/mol. The SMILES string of the molecule is Cc1ncn(-c2ccc(Oc3ccc(NC(=O)c4cccc(Cl)c4)cc3)nn2)c1C. The molecule has 2 heterocycles. The average Bonchev–Trinajstić information content (AvgIpc) is 3.08. The van der Waals surface area contributed by atoms with E-state index in [0.717, 1.165) is 11.4 Å². The highest BCUT2D eigenvalue weighted by Gasteiger charge is 2.09. The Morgan fingerprint density at radius 2 is 1.83 bits per heavy atom. The molecule has 4 aromatic rings. The lowest BCUT2D eigenvalue weighted by molar-refractivity contribution is 0.102. The Balaban J connectivity index is 1.41. The fraction of sp³-hybridized carbons (Fsp3) is 0.0909. The van der Waals surface area contributed by atoms with E-state index in [0.29, 0.717) is 33.7 Å². The molecule has 0 aliphatic rings. The van der Waals surface area contributed by atoms with Gasteiger partial charge in [0, 0.05) is 28.0 Å². The molecule has 0 saturated heterocycles. The normalized spacial score (nSPS) is 10.6. The molecule has 150 valence electrons. The van der Waals surface area contributed by atoms with Gasteiger partial charge in [-0.15, -0.1) is 10.2 Å². The van der Waals surface area contributed by atoms with Crippen LogP contribution in [-0.2, 0) is 0 Å². The maximum absolute atomic E-state index is 12.3. The summed E-state index contributed by atoms with van der Waals surface area (Å²) in [6.07, 6.45) is 1.71. The number of imidazole rings is 1. The van der Waals surface area contributed by atoms with Gasteiger partial charge in [0.05, 0.1) is 5.69 Å². The van der Waals surface area contributed by atoms with E-state index in [9.17, 15) is 4.79 Å². The van der Waals surface area contributed by atoms with Crippen LogP contribution < -0.4 is 10.1 Å². The van der Waals surface area contributed by atoms with Gasteiger partial charge in [-0.25, -0.2) is 4.98 Å².